The lowest BCUT2D eigenvalue weighted by molar-refractivity contribution is -0.233. The minimum Gasteiger partial charge on any atom is -0.460 e. The number of benzene rings is 1. The fourth-order valence-electron chi connectivity index (χ4n) is 1.97. The second-order valence-electron chi connectivity index (χ2n) is 6.27. The van der Waals surface area contributed by atoms with Gasteiger partial charge >= 0.3 is 5.97 Å². The van der Waals surface area contributed by atoms with Crippen LogP contribution in [0, 0.1) is 5.92 Å². The van der Waals surface area contributed by atoms with Crippen LogP contribution in [-0.4, -0.2) is 31.6 Å². The molecule has 0 aliphatic heterocycles. The van der Waals surface area contributed by atoms with E-state index in [0.717, 1.165) is 5.56 Å². The summed E-state index contributed by atoms with van der Waals surface area (Å²) in [5.74, 6) is -0.738. The predicted octanol–water partition coefficient (Wildman–Crippen LogP) is 3.75. The molecule has 0 amide bonds. The maximum Gasteiger partial charge on any atom is 0.333 e. The van der Waals surface area contributed by atoms with Crippen LogP contribution in [0.4, 0.5) is 0 Å². The van der Waals surface area contributed by atoms with Crippen LogP contribution in [0.3, 0.4) is 0 Å². The molecular weight excluding hydrogens is 292 g/mol. The quantitative estimate of drug-likeness (QED) is 0.285. The van der Waals surface area contributed by atoms with Gasteiger partial charge in [-0.25, -0.2) is 4.79 Å². The van der Waals surface area contributed by atoms with Gasteiger partial charge in [0.05, 0.1) is 13.2 Å². The lowest BCUT2D eigenvalue weighted by Crippen LogP contribution is -2.37. The summed E-state index contributed by atoms with van der Waals surface area (Å²) in [6.45, 7) is 12.3. The number of esters is 1. The highest BCUT2D eigenvalue weighted by atomic mass is 16.7. The highest BCUT2D eigenvalue weighted by molar-refractivity contribution is 5.86. The van der Waals surface area contributed by atoms with Crippen molar-refractivity contribution < 1.29 is 19.0 Å². The molecule has 4 heteroatoms. The Hall–Kier alpha value is -1.65. The minimum absolute atomic E-state index is 0.182. The molecule has 23 heavy (non-hydrogen) atoms. The first-order valence-electron chi connectivity index (χ1n) is 7.97. The summed E-state index contributed by atoms with van der Waals surface area (Å²) in [4.78, 5) is 11.4. The van der Waals surface area contributed by atoms with Gasteiger partial charge in [-0.05, 0) is 25.3 Å². The Morgan fingerprint density at radius 2 is 1.83 bits per heavy atom. The molecule has 4 nitrogen and oxygen atoms in total. The second-order valence-corrected chi connectivity index (χ2v) is 6.27. The lowest BCUT2D eigenvalue weighted by Gasteiger charge is -2.31. The average Bonchev–Trinajstić information content (AvgIpc) is 2.50. The Labute approximate surface area is 139 Å². The molecule has 1 aromatic rings. The highest BCUT2D eigenvalue weighted by Gasteiger charge is 2.27. The zero-order valence-corrected chi connectivity index (χ0v) is 14.6. The summed E-state index contributed by atoms with van der Waals surface area (Å²) in [7, 11) is 0. The van der Waals surface area contributed by atoms with Crippen molar-refractivity contribution in [1.82, 2.24) is 0 Å². The van der Waals surface area contributed by atoms with Gasteiger partial charge in [0.15, 0.2) is 5.79 Å². The summed E-state index contributed by atoms with van der Waals surface area (Å²) in [6.07, 6.45) is 0.634. The second kappa shape index (κ2) is 9.48. The van der Waals surface area contributed by atoms with E-state index in [1.54, 1.807) is 6.92 Å². The molecule has 0 radical (unpaired) electrons. The largest absolute Gasteiger partial charge is 0.460 e. The standard InChI is InChI=1S/C19H28O4/c1-15(2)14-23-19(5,13-17-9-7-6-8-10-17)22-12-11-21-18(20)16(3)4/h6-10,15H,3,11-14H2,1-2,4-5H3. The van der Waals surface area contributed by atoms with Crippen LogP contribution in [0.1, 0.15) is 33.3 Å². The van der Waals surface area contributed by atoms with Crippen LogP contribution in [0.15, 0.2) is 42.5 Å². The first-order chi connectivity index (χ1) is 10.8. The molecule has 0 aliphatic carbocycles. The Balaban J connectivity index is 2.57. The third kappa shape index (κ3) is 7.95. The van der Waals surface area contributed by atoms with E-state index in [9.17, 15) is 4.79 Å². The fraction of sp³-hybridized carbons (Fsp3) is 0.526. The molecule has 1 atom stereocenters. The van der Waals surface area contributed by atoms with Crippen molar-refractivity contribution in [3.05, 3.63) is 48.0 Å². The van der Waals surface area contributed by atoms with Gasteiger partial charge in [0, 0.05) is 12.0 Å². The zero-order valence-electron chi connectivity index (χ0n) is 14.6. The van der Waals surface area contributed by atoms with Gasteiger partial charge in [0.2, 0.25) is 0 Å². The monoisotopic (exact) mass is 320 g/mol. The maximum absolute atomic E-state index is 11.4. The van der Waals surface area contributed by atoms with E-state index in [0.29, 0.717) is 24.5 Å². The number of carbonyl (C=O) groups is 1. The Morgan fingerprint density at radius 3 is 2.39 bits per heavy atom. The smallest absolute Gasteiger partial charge is 0.333 e. The van der Waals surface area contributed by atoms with E-state index in [-0.39, 0.29) is 13.2 Å². The molecule has 1 aromatic carbocycles. The number of hydrogen-bond donors (Lipinski definition) is 0. The third-order valence-electron chi connectivity index (χ3n) is 3.16. The van der Waals surface area contributed by atoms with Crippen LogP contribution in [0.25, 0.3) is 0 Å². The van der Waals surface area contributed by atoms with Crippen LogP contribution in [-0.2, 0) is 25.4 Å². The SMILES string of the molecule is C=C(C)C(=O)OCCOC(C)(Cc1ccccc1)OCC(C)C. The van der Waals surface area contributed by atoms with Crippen molar-refractivity contribution in [2.24, 2.45) is 5.92 Å². The molecule has 0 saturated carbocycles. The third-order valence-corrected chi connectivity index (χ3v) is 3.16. The van der Waals surface area contributed by atoms with Crippen molar-refractivity contribution in [1.29, 1.82) is 0 Å². The first kappa shape index (κ1) is 19.4. The van der Waals surface area contributed by atoms with Gasteiger partial charge in [-0.3, -0.25) is 0 Å². The summed E-state index contributed by atoms with van der Waals surface area (Å²) in [5, 5.41) is 0. The normalized spacial score (nSPS) is 13.6. The Kier molecular flexibility index (Phi) is 8.00. The molecule has 0 aliphatic rings. The molecule has 128 valence electrons. The molecule has 0 heterocycles. The van der Waals surface area contributed by atoms with E-state index < -0.39 is 11.8 Å². The van der Waals surface area contributed by atoms with Gasteiger partial charge in [0.1, 0.15) is 6.61 Å². The number of hydrogen-bond acceptors (Lipinski definition) is 4. The molecule has 0 fully saturated rings. The Morgan fingerprint density at radius 1 is 1.17 bits per heavy atom. The van der Waals surface area contributed by atoms with Crippen LogP contribution < -0.4 is 0 Å². The van der Waals surface area contributed by atoms with Crippen molar-refractivity contribution in [2.75, 3.05) is 19.8 Å². The van der Waals surface area contributed by atoms with Crippen molar-refractivity contribution in [3.63, 3.8) is 0 Å². The Bertz CT molecular complexity index is 495. The average molecular weight is 320 g/mol. The fourth-order valence-corrected chi connectivity index (χ4v) is 1.97. The number of ether oxygens (including phenoxy) is 3. The van der Waals surface area contributed by atoms with Crippen LogP contribution >= 0.6 is 0 Å². The molecule has 0 bridgehead atoms. The molecule has 0 N–H and O–H groups in total. The maximum atomic E-state index is 11.4. The molecule has 0 saturated heterocycles. The topological polar surface area (TPSA) is 44.8 Å². The summed E-state index contributed by atoms with van der Waals surface area (Å²) in [6, 6.07) is 10.1. The molecule has 1 unspecified atom stereocenters. The van der Waals surface area contributed by atoms with Gasteiger partial charge in [-0.15, -0.1) is 0 Å². The minimum atomic E-state index is -0.749. The molecule has 1 rings (SSSR count). The van der Waals surface area contributed by atoms with E-state index >= 15 is 0 Å². The van der Waals surface area contributed by atoms with Gasteiger partial charge in [0.25, 0.3) is 0 Å². The zero-order chi connectivity index (χ0) is 17.3. The highest BCUT2D eigenvalue weighted by Crippen LogP contribution is 2.20. The van der Waals surface area contributed by atoms with E-state index in [4.69, 9.17) is 14.2 Å². The van der Waals surface area contributed by atoms with E-state index in [1.807, 2.05) is 37.3 Å². The van der Waals surface area contributed by atoms with Crippen molar-refractivity contribution in [2.45, 2.75) is 39.9 Å². The summed E-state index contributed by atoms with van der Waals surface area (Å²) in [5.41, 5.74) is 1.52. The van der Waals surface area contributed by atoms with E-state index in [2.05, 4.69) is 20.4 Å². The van der Waals surface area contributed by atoms with E-state index in [1.165, 1.54) is 0 Å². The first-order valence-corrected chi connectivity index (χ1v) is 7.97. The molecular formula is C19H28O4. The molecule has 0 spiro atoms. The van der Waals surface area contributed by atoms with Gasteiger partial charge in [-0.2, -0.15) is 0 Å². The van der Waals surface area contributed by atoms with Gasteiger partial charge in [-0.1, -0.05) is 50.8 Å². The number of carbonyl (C=O) groups excluding carboxylic acids is 1. The predicted molar refractivity (Wildman–Crippen MR) is 91.1 cm³/mol. The van der Waals surface area contributed by atoms with Crippen molar-refractivity contribution in [3.8, 4) is 0 Å². The number of rotatable bonds is 10. The van der Waals surface area contributed by atoms with Crippen LogP contribution in [0.2, 0.25) is 0 Å². The molecule has 0 aromatic heterocycles. The van der Waals surface area contributed by atoms with Crippen LogP contribution in [0.5, 0.6) is 0 Å². The summed E-state index contributed by atoms with van der Waals surface area (Å²) < 4.78 is 16.9. The summed E-state index contributed by atoms with van der Waals surface area (Å²) >= 11 is 0. The van der Waals surface area contributed by atoms with Gasteiger partial charge < -0.3 is 14.2 Å². The van der Waals surface area contributed by atoms with Crippen molar-refractivity contribution >= 4 is 5.97 Å². The lowest BCUT2D eigenvalue weighted by atomic mass is 10.1.